The number of nitrogens with one attached hydrogen (secondary N) is 1. The molecule has 1 amide bonds. The fourth-order valence-electron chi connectivity index (χ4n) is 3.06. The molecule has 1 saturated heterocycles. The summed E-state index contributed by atoms with van der Waals surface area (Å²) in [5.41, 5.74) is 2.56. The fraction of sp³-hybridized carbons (Fsp3) is 0.350. The lowest BCUT2D eigenvalue weighted by molar-refractivity contribution is 0.102. The molecule has 0 radical (unpaired) electrons. The van der Waals surface area contributed by atoms with E-state index in [0.29, 0.717) is 17.9 Å². The minimum atomic E-state index is -0.151. The molecule has 1 fully saturated rings. The highest BCUT2D eigenvalue weighted by molar-refractivity contribution is 6.06. The summed E-state index contributed by atoms with van der Waals surface area (Å²) in [7, 11) is 0. The van der Waals surface area contributed by atoms with Crippen LogP contribution in [-0.4, -0.2) is 25.6 Å². The highest BCUT2D eigenvalue weighted by atomic mass is 16.5. The summed E-state index contributed by atoms with van der Waals surface area (Å²) in [5.74, 6) is 1.21. The predicted molar refractivity (Wildman–Crippen MR) is 98.0 cm³/mol. The van der Waals surface area contributed by atoms with Gasteiger partial charge >= 0.3 is 0 Å². The molecule has 0 aromatic heterocycles. The van der Waals surface area contributed by atoms with E-state index in [-0.39, 0.29) is 5.91 Å². The van der Waals surface area contributed by atoms with Gasteiger partial charge in [-0.3, -0.25) is 4.79 Å². The van der Waals surface area contributed by atoms with Gasteiger partial charge in [0.25, 0.3) is 5.91 Å². The summed E-state index contributed by atoms with van der Waals surface area (Å²) < 4.78 is 5.52. The van der Waals surface area contributed by atoms with Gasteiger partial charge in [0.05, 0.1) is 12.2 Å². The van der Waals surface area contributed by atoms with Crippen molar-refractivity contribution in [3.63, 3.8) is 0 Å². The van der Waals surface area contributed by atoms with E-state index in [0.717, 1.165) is 24.7 Å². The van der Waals surface area contributed by atoms with Crippen LogP contribution in [0, 0.1) is 5.92 Å². The zero-order valence-electron chi connectivity index (χ0n) is 14.3. The molecule has 4 nitrogen and oxygen atoms in total. The van der Waals surface area contributed by atoms with Crippen molar-refractivity contribution >= 4 is 17.3 Å². The largest absolute Gasteiger partial charge is 0.493 e. The average molecular weight is 324 g/mol. The minimum Gasteiger partial charge on any atom is -0.493 e. The second kappa shape index (κ2) is 7.39. The van der Waals surface area contributed by atoms with Gasteiger partial charge in [-0.15, -0.1) is 0 Å². The number of amides is 1. The van der Waals surface area contributed by atoms with Crippen LogP contribution in [0.15, 0.2) is 48.5 Å². The first-order valence-electron chi connectivity index (χ1n) is 8.55. The van der Waals surface area contributed by atoms with E-state index in [4.69, 9.17) is 4.74 Å². The van der Waals surface area contributed by atoms with E-state index in [1.165, 1.54) is 12.1 Å². The van der Waals surface area contributed by atoms with Gasteiger partial charge in [-0.2, -0.15) is 0 Å². The molecule has 1 atom stereocenters. The number of benzene rings is 2. The topological polar surface area (TPSA) is 41.6 Å². The summed E-state index contributed by atoms with van der Waals surface area (Å²) in [6, 6.07) is 15.4. The number of rotatable bonds is 5. The van der Waals surface area contributed by atoms with E-state index >= 15 is 0 Å². The van der Waals surface area contributed by atoms with Gasteiger partial charge in [0, 0.05) is 24.5 Å². The molecule has 0 saturated carbocycles. The highest BCUT2D eigenvalue weighted by Gasteiger charge is 2.19. The molecule has 0 aliphatic carbocycles. The lowest BCUT2D eigenvalue weighted by Gasteiger charge is -2.18. The smallest absolute Gasteiger partial charge is 0.259 e. The van der Waals surface area contributed by atoms with Crippen LogP contribution in [0.5, 0.6) is 5.75 Å². The Morgan fingerprint density at radius 3 is 2.62 bits per heavy atom. The molecule has 24 heavy (non-hydrogen) atoms. The number of hydrogen-bond acceptors (Lipinski definition) is 3. The Morgan fingerprint density at radius 1 is 1.21 bits per heavy atom. The van der Waals surface area contributed by atoms with E-state index in [2.05, 4.69) is 29.3 Å². The number of hydrogen-bond donors (Lipinski definition) is 1. The Hall–Kier alpha value is -2.49. The number of ether oxygens (including phenoxy) is 1. The van der Waals surface area contributed by atoms with Crippen molar-refractivity contribution in [2.24, 2.45) is 5.92 Å². The third kappa shape index (κ3) is 3.70. The third-order valence-electron chi connectivity index (χ3n) is 4.35. The van der Waals surface area contributed by atoms with Crippen LogP contribution in [0.3, 0.4) is 0 Å². The highest BCUT2D eigenvalue weighted by Crippen LogP contribution is 2.25. The SMILES string of the molecule is CCOc1ccccc1C(=O)Nc1ccc(N2CCC(C)C2)cc1. The van der Waals surface area contributed by atoms with Crippen molar-refractivity contribution in [3.05, 3.63) is 54.1 Å². The number of carbonyl (C=O) groups excluding carboxylic acids is 1. The molecular formula is C20H24N2O2. The summed E-state index contributed by atoms with van der Waals surface area (Å²) in [6.07, 6.45) is 1.24. The van der Waals surface area contributed by atoms with Crippen molar-refractivity contribution in [1.29, 1.82) is 0 Å². The van der Waals surface area contributed by atoms with Crippen molar-refractivity contribution in [3.8, 4) is 5.75 Å². The number of nitrogens with zero attached hydrogens (tertiary/aromatic N) is 1. The van der Waals surface area contributed by atoms with Crippen LogP contribution >= 0.6 is 0 Å². The Bertz CT molecular complexity index is 697. The minimum absolute atomic E-state index is 0.151. The van der Waals surface area contributed by atoms with Crippen LogP contribution in [0.25, 0.3) is 0 Å². The van der Waals surface area contributed by atoms with E-state index in [1.54, 1.807) is 6.07 Å². The molecule has 1 heterocycles. The normalized spacial score (nSPS) is 16.9. The molecular weight excluding hydrogens is 300 g/mol. The monoisotopic (exact) mass is 324 g/mol. The number of para-hydroxylation sites is 1. The Morgan fingerprint density at radius 2 is 1.96 bits per heavy atom. The first-order valence-corrected chi connectivity index (χ1v) is 8.55. The van der Waals surface area contributed by atoms with Gasteiger partial charge in [-0.05, 0) is 55.7 Å². The third-order valence-corrected chi connectivity index (χ3v) is 4.35. The summed E-state index contributed by atoms with van der Waals surface area (Å²) in [5, 5.41) is 2.95. The van der Waals surface area contributed by atoms with Gasteiger partial charge < -0.3 is 15.0 Å². The Labute approximate surface area is 143 Å². The quantitative estimate of drug-likeness (QED) is 0.897. The Balaban J connectivity index is 1.69. The molecule has 2 aromatic rings. The number of carbonyl (C=O) groups is 1. The first kappa shape index (κ1) is 16.4. The first-order chi connectivity index (χ1) is 11.7. The van der Waals surface area contributed by atoms with Gasteiger partial charge in [0.1, 0.15) is 5.75 Å². The summed E-state index contributed by atoms with van der Waals surface area (Å²) in [6.45, 7) is 6.94. The zero-order chi connectivity index (χ0) is 16.9. The maximum Gasteiger partial charge on any atom is 0.259 e. The Kier molecular flexibility index (Phi) is 5.04. The van der Waals surface area contributed by atoms with Gasteiger partial charge in [0.2, 0.25) is 0 Å². The van der Waals surface area contributed by atoms with Crippen LogP contribution in [0.4, 0.5) is 11.4 Å². The van der Waals surface area contributed by atoms with Crippen LogP contribution in [0.2, 0.25) is 0 Å². The second-order valence-electron chi connectivity index (χ2n) is 6.27. The number of anilines is 2. The molecule has 1 N–H and O–H groups in total. The second-order valence-corrected chi connectivity index (χ2v) is 6.27. The lowest BCUT2D eigenvalue weighted by atomic mass is 10.1. The molecule has 4 heteroatoms. The van der Waals surface area contributed by atoms with Gasteiger partial charge in [-0.1, -0.05) is 19.1 Å². The molecule has 1 aliphatic rings. The summed E-state index contributed by atoms with van der Waals surface area (Å²) >= 11 is 0. The van der Waals surface area contributed by atoms with Crippen molar-refractivity contribution < 1.29 is 9.53 Å². The van der Waals surface area contributed by atoms with Gasteiger partial charge in [0.15, 0.2) is 0 Å². The van der Waals surface area contributed by atoms with Crippen molar-refractivity contribution in [2.45, 2.75) is 20.3 Å². The van der Waals surface area contributed by atoms with Crippen LogP contribution < -0.4 is 15.0 Å². The van der Waals surface area contributed by atoms with Crippen molar-refractivity contribution in [2.75, 3.05) is 29.9 Å². The lowest BCUT2D eigenvalue weighted by Crippen LogP contribution is -2.19. The summed E-state index contributed by atoms with van der Waals surface area (Å²) in [4.78, 5) is 14.9. The molecule has 3 rings (SSSR count). The maximum atomic E-state index is 12.5. The average Bonchev–Trinajstić information content (AvgIpc) is 3.03. The van der Waals surface area contributed by atoms with Crippen LogP contribution in [0.1, 0.15) is 30.6 Å². The molecule has 2 aromatic carbocycles. The zero-order valence-corrected chi connectivity index (χ0v) is 14.3. The van der Waals surface area contributed by atoms with E-state index in [1.807, 2.05) is 37.3 Å². The molecule has 1 unspecified atom stereocenters. The standard InChI is InChI=1S/C20H24N2O2/c1-3-24-19-7-5-4-6-18(19)20(23)21-16-8-10-17(11-9-16)22-13-12-15(2)14-22/h4-11,15H,3,12-14H2,1-2H3,(H,21,23). The van der Waals surface area contributed by atoms with Crippen molar-refractivity contribution in [1.82, 2.24) is 0 Å². The van der Waals surface area contributed by atoms with E-state index in [9.17, 15) is 4.79 Å². The maximum absolute atomic E-state index is 12.5. The molecule has 0 bridgehead atoms. The van der Waals surface area contributed by atoms with Gasteiger partial charge in [-0.25, -0.2) is 0 Å². The molecule has 0 spiro atoms. The molecule has 1 aliphatic heterocycles. The fourth-order valence-corrected chi connectivity index (χ4v) is 3.06. The van der Waals surface area contributed by atoms with E-state index < -0.39 is 0 Å². The molecule has 126 valence electrons. The van der Waals surface area contributed by atoms with Crippen LogP contribution in [-0.2, 0) is 0 Å². The predicted octanol–water partition coefficient (Wildman–Crippen LogP) is 4.18.